The summed E-state index contributed by atoms with van der Waals surface area (Å²) in [7, 11) is 0. The molecule has 3 aromatic rings. The monoisotopic (exact) mass is 547 g/mol. The van der Waals surface area contributed by atoms with Gasteiger partial charge < -0.3 is 24.8 Å². The number of anilines is 1. The number of esters is 2. The summed E-state index contributed by atoms with van der Waals surface area (Å²) < 4.78 is 16.3. The summed E-state index contributed by atoms with van der Waals surface area (Å²) >= 11 is 0. The minimum absolute atomic E-state index is 0.120. The van der Waals surface area contributed by atoms with Crippen LogP contribution >= 0.6 is 0 Å². The molecule has 40 heavy (non-hydrogen) atoms. The number of hydrogen-bond donors (Lipinski definition) is 2. The van der Waals surface area contributed by atoms with Crippen molar-refractivity contribution >= 4 is 29.9 Å². The molecule has 2 atom stereocenters. The number of rotatable bonds is 13. The quantitative estimate of drug-likeness (QED) is 0.186. The van der Waals surface area contributed by atoms with Gasteiger partial charge in [-0.1, -0.05) is 74.5 Å². The number of nitrogens with zero attached hydrogens (tertiary/aromatic N) is 1. The normalized spacial score (nSPS) is 12.2. The van der Waals surface area contributed by atoms with Crippen LogP contribution in [0.2, 0.25) is 0 Å². The number of nitrogens with one attached hydrogen (secondary N) is 2. The molecule has 10 heteroatoms. The molecular formula is C30H33N3O7. The molecule has 1 unspecified atom stereocenters. The van der Waals surface area contributed by atoms with Crippen LogP contribution in [0.3, 0.4) is 0 Å². The van der Waals surface area contributed by atoms with Gasteiger partial charge in [0.05, 0.1) is 11.6 Å². The highest BCUT2D eigenvalue weighted by atomic mass is 16.7. The van der Waals surface area contributed by atoms with Crippen LogP contribution in [0.25, 0.3) is 0 Å². The van der Waals surface area contributed by atoms with Gasteiger partial charge in [-0.15, -0.1) is 0 Å². The number of carbonyl (C=O) groups excluding carboxylic acids is 4. The lowest BCUT2D eigenvalue weighted by atomic mass is 9.87. The molecule has 210 valence electrons. The predicted octanol–water partition coefficient (Wildman–Crippen LogP) is 4.07. The van der Waals surface area contributed by atoms with Gasteiger partial charge in [0.25, 0.3) is 5.91 Å². The number of benzene rings is 2. The topological polar surface area (TPSA) is 133 Å². The zero-order valence-corrected chi connectivity index (χ0v) is 22.8. The summed E-state index contributed by atoms with van der Waals surface area (Å²) in [6, 6.07) is 19.8. The first kappa shape index (κ1) is 29.8. The molecule has 0 fully saturated rings. The highest BCUT2D eigenvalue weighted by molar-refractivity contribution is 5.99. The first-order valence-electron chi connectivity index (χ1n) is 12.8. The third-order valence-electron chi connectivity index (χ3n) is 6.00. The highest BCUT2D eigenvalue weighted by Gasteiger charge is 2.28. The van der Waals surface area contributed by atoms with Gasteiger partial charge in [-0.2, -0.15) is 0 Å². The second-order valence-electron chi connectivity index (χ2n) is 9.31. The second kappa shape index (κ2) is 14.4. The van der Waals surface area contributed by atoms with Gasteiger partial charge in [-0.3, -0.25) is 14.4 Å². The van der Waals surface area contributed by atoms with Crippen molar-refractivity contribution in [2.45, 2.75) is 45.8 Å². The average Bonchev–Trinajstić information content (AvgIpc) is 2.94. The largest absolute Gasteiger partial charge is 0.460 e. The minimum Gasteiger partial charge on any atom is -0.460 e. The molecule has 2 aromatic carbocycles. The van der Waals surface area contributed by atoms with E-state index >= 15 is 0 Å². The van der Waals surface area contributed by atoms with E-state index in [2.05, 4.69) is 15.6 Å². The average molecular weight is 548 g/mol. The molecule has 10 nitrogen and oxygen atoms in total. The predicted molar refractivity (Wildman–Crippen MR) is 148 cm³/mol. The Morgan fingerprint density at radius 3 is 2.02 bits per heavy atom. The highest BCUT2D eigenvalue weighted by Crippen LogP contribution is 2.30. The van der Waals surface area contributed by atoms with Crippen molar-refractivity contribution in [3.05, 3.63) is 89.7 Å². The Bertz CT molecular complexity index is 1260. The fourth-order valence-corrected chi connectivity index (χ4v) is 3.98. The van der Waals surface area contributed by atoms with Crippen LogP contribution in [-0.4, -0.2) is 48.2 Å². The van der Waals surface area contributed by atoms with Crippen molar-refractivity contribution in [3.8, 4) is 5.75 Å². The molecule has 0 aliphatic rings. The number of amides is 2. The van der Waals surface area contributed by atoms with Gasteiger partial charge in [-0.25, -0.2) is 9.78 Å². The van der Waals surface area contributed by atoms with E-state index in [0.29, 0.717) is 6.41 Å². The Morgan fingerprint density at radius 2 is 1.48 bits per heavy atom. The third kappa shape index (κ3) is 7.89. The number of aromatic nitrogens is 1. The molecule has 1 aromatic heterocycles. The second-order valence-corrected chi connectivity index (χ2v) is 9.31. The lowest BCUT2D eigenvalue weighted by Crippen LogP contribution is -2.41. The van der Waals surface area contributed by atoms with Crippen LogP contribution in [0, 0.1) is 5.92 Å². The van der Waals surface area contributed by atoms with E-state index in [1.165, 1.54) is 19.2 Å². The van der Waals surface area contributed by atoms with Crippen LogP contribution < -0.4 is 15.4 Å². The Kier molecular flexibility index (Phi) is 10.8. The maximum Gasteiger partial charge on any atom is 0.328 e. The summed E-state index contributed by atoms with van der Waals surface area (Å²) in [5, 5.41) is 4.99. The molecular weight excluding hydrogens is 514 g/mol. The van der Waals surface area contributed by atoms with Gasteiger partial charge in [0.15, 0.2) is 11.4 Å². The summed E-state index contributed by atoms with van der Waals surface area (Å²) in [5.74, 6) is -2.63. The van der Waals surface area contributed by atoms with Crippen molar-refractivity contribution in [2.75, 3.05) is 12.1 Å². The van der Waals surface area contributed by atoms with Crippen molar-refractivity contribution in [3.63, 3.8) is 0 Å². The van der Waals surface area contributed by atoms with E-state index in [-0.39, 0.29) is 29.0 Å². The van der Waals surface area contributed by atoms with E-state index in [9.17, 15) is 19.2 Å². The maximum atomic E-state index is 13.1. The van der Waals surface area contributed by atoms with E-state index in [1.807, 2.05) is 60.7 Å². The molecule has 0 aliphatic carbocycles. The Morgan fingerprint density at radius 1 is 0.875 bits per heavy atom. The molecule has 0 saturated heterocycles. The Labute approximate surface area is 233 Å². The molecule has 1 heterocycles. The van der Waals surface area contributed by atoms with Gasteiger partial charge >= 0.3 is 11.9 Å². The molecule has 0 saturated carbocycles. The number of ether oxygens (including phenoxy) is 3. The van der Waals surface area contributed by atoms with Gasteiger partial charge in [0.1, 0.15) is 12.1 Å². The van der Waals surface area contributed by atoms with Gasteiger partial charge in [-0.05, 0) is 31.0 Å². The van der Waals surface area contributed by atoms with Gasteiger partial charge in [0.2, 0.25) is 13.2 Å². The summed E-state index contributed by atoms with van der Waals surface area (Å²) in [6.07, 6.45) is 1.15. The SMILES string of the molecule is CC(C)C(=O)OCOc1c(NC=O)ccnc1C(=O)N[C@@H](C)C(=O)OC(C)C(c1ccccc1)c1ccccc1. The summed E-state index contributed by atoms with van der Waals surface area (Å²) in [4.78, 5) is 53.1. The maximum absolute atomic E-state index is 13.1. The fraction of sp³-hybridized carbons (Fsp3) is 0.300. The number of pyridine rings is 1. The molecule has 2 N–H and O–H groups in total. The van der Waals surface area contributed by atoms with E-state index in [0.717, 1.165) is 11.1 Å². The van der Waals surface area contributed by atoms with Crippen molar-refractivity contribution in [2.24, 2.45) is 5.92 Å². The zero-order chi connectivity index (χ0) is 29.1. The number of hydrogen-bond acceptors (Lipinski definition) is 8. The number of carbonyl (C=O) groups is 4. The molecule has 0 radical (unpaired) electrons. The molecule has 0 aliphatic heterocycles. The first-order valence-corrected chi connectivity index (χ1v) is 12.8. The lowest BCUT2D eigenvalue weighted by molar-refractivity contribution is -0.154. The van der Waals surface area contributed by atoms with E-state index in [4.69, 9.17) is 14.2 Å². The third-order valence-corrected chi connectivity index (χ3v) is 6.00. The molecule has 0 bridgehead atoms. The van der Waals surface area contributed by atoms with Crippen molar-refractivity contribution in [1.29, 1.82) is 0 Å². The Balaban J connectivity index is 1.73. The molecule has 2 amide bonds. The first-order chi connectivity index (χ1) is 19.2. The zero-order valence-electron chi connectivity index (χ0n) is 22.8. The van der Waals surface area contributed by atoms with Crippen LogP contribution in [0.15, 0.2) is 72.9 Å². The van der Waals surface area contributed by atoms with Gasteiger partial charge in [0, 0.05) is 12.1 Å². The van der Waals surface area contributed by atoms with Crippen molar-refractivity contribution < 1.29 is 33.4 Å². The molecule has 3 rings (SSSR count). The van der Waals surface area contributed by atoms with Crippen molar-refractivity contribution in [1.82, 2.24) is 10.3 Å². The Hall–Kier alpha value is -4.73. The summed E-state index contributed by atoms with van der Waals surface area (Å²) in [6.45, 7) is 6.11. The van der Waals surface area contributed by atoms with E-state index < -0.39 is 36.8 Å². The van der Waals surface area contributed by atoms with Crippen LogP contribution in [0.1, 0.15) is 55.2 Å². The standard InChI is InChI=1S/C30H33N3O7/c1-19(2)29(36)39-18-38-27-24(32-17-34)15-16-31-26(27)28(35)33-20(3)30(37)40-21(4)25(22-11-7-5-8-12-22)23-13-9-6-10-14-23/h5-17,19-21,25H,18H2,1-4H3,(H,33,35)(H,31,32,34)/t20-,21?/m0/s1. The molecule has 0 spiro atoms. The van der Waals surface area contributed by atoms with Crippen LogP contribution in [-0.2, 0) is 23.9 Å². The van der Waals surface area contributed by atoms with E-state index in [1.54, 1.807) is 20.8 Å². The lowest BCUT2D eigenvalue weighted by Gasteiger charge is -2.26. The summed E-state index contributed by atoms with van der Waals surface area (Å²) in [5.41, 5.74) is 1.88. The van der Waals surface area contributed by atoms with Crippen LogP contribution in [0.5, 0.6) is 5.75 Å². The smallest absolute Gasteiger partial charge is 0.328 e. The minimum atomic E-state index is -1.04. The van der Waals surface area contributed by atoms with Crippen LogP contribution in [0.4, 0.5) is 5.69 Å². The fourth-order valence-electron chi connectivity index (χ4n) is 3.98.